The average Bonchev–Trinajstić information content (AvgIpc) is 3.02. The molecule has 2 amide bonds. The first-order valence-electron chi connectivity index (χ1n) is 15.1. The number of hydrogen-bond donors (Lipinski definition) is 1. The number of hydrogen-bond acceptors (Lipinski definition) is 7. The number of likely N-dealkylation sites (tertiary alicyclic amines) is 1. The van der Waals surface area contributed by atoms with E-state index in [0.717, 1.165) is 29.0 Å². The van der Waals surface area contributed by atoms with Gasteiger partial charge in [0.2, 0.25) is 5.91 Å². The monoisotopic (exact) mass is 604 g/mol. The lowest BCUT2D eigenvalue weighted by Crippen LogP contribution is -2.49. The van der Waals surface area contributed by atoms with Gasteiger partial charge in [0.05, 0.1) is 39.6 Å². The molecule has 1 heterocycles. The predicted octanol–water partition coefficient (Wildman–Crippen LogP) is 6.43. The Balaban J connectivity index is 1.30. The number of para-hydroxylation sites is 2. The van der Waals surface area contributed by atoms with Crippen LogP contribution >= 0.6 is 0 Å². The maximum Gasteiger partial charge on any atom is 0.410 e. The Bertz CT molecular complexity index is 1320. The van der Waals surface area contributed by atoms with Gasteiger partial charge in [-0.3, -0.25) is 4.79 Å². The minimum Gasteiger partial charge on any atom is -0.496 e. The van der Waals surface area contributed by atoms with Crippen molar-refractivity contribution in [2.24, 2.45) is 0 Å². The molecule has 0 radical (unpaired) electrons. The van der Waals surface area contributed by atoms with E-state index in [1.54, 1.807) is 12.0 Å². The Morgan fingerprint density at radius 2 is 1.66 bits per heavy atom. The van der Waals surface area contributed by atoms with Gasteiger partial charge in [-0.25, -0.2) is 4.79 Å². The van der Waals surface area contributed by atoms with Gasteiger partial charge in [0.1, 0.15) is 23.7 Å². The lowest BCUT2D eigenvalue weighted by Gasteiger charge is -2.39. The SMILES string of the molecule is COc1ccccc1COCCCOc1ccc(C2CCN(C(=O)OC(C)(C)C)CC2OCC(=O)Nc2ccccc2)cc1. The molecule has 3 aromatic carbocycles. The second kappa shape index (κ2) is 16.1. The average molecular weight is 605 g/mol. The summed E-state index contributed by atoms with van der Waals surface area (Å²) in [6.45, 7) is 7.86. The Labute approximate surface area is 260 Å². The number of anilines is 1. The van der Waals surface area contributed by atoms with Crippen LogP contribution in [0.4, 0.5) is 10.5 Å². The molecule has 9 heteroatoms. The van der Waals surface area contributed by atoms with Gasteiger partial charge in [-0.2, -0.15) is 0 Å². The highest BCUT2D eigenvalue weighted by atomic mass is 16.6. The van der Waals surface area contributed by atoms with Crippen molar-refractivity contribution in [3.8, 4) is 11.5 Å². The van der Waals surface area contributed by atoms with Crippen LogP contribution in [-0.4, -0.2) is 68.6 Å². The first kappa shape index (κ1) is 32.8. The van der Waals surface area contributed by atoms with Crippen molar-refractivity contribution in [3.05, 3.63) is 90.0 Å². The van der Waals surface area contributed by atoms with Gasteiger partial charge in [0, 0.05) is 30.1 Å². The first-order valence-corrected chi connectivity index (χ1v) is 15.1. The largest absolute Gasteiger partial charge is 0.496 e. The van der Waals surface area contributed by atoms with E-state index in [4.69, 9.17) is 23.7 Å². The summed E-state index contributed by atoms with van der Waals surface area (Å²) in [5, 5.41) is 2.85. The lowest BCUT2D eigenvalue weighted by atomic mass is 9.87. The number of carbonyl (C=O) groups excluding carboxylic acids is 2. The van der Waals surface area contributed by atoms with Crippen LogP contribution < -0.4 is 14.8 Å². The molecular formula is C35H44N2O7. The third-order valence-electron chi connectivity index (χ3n) is 7.16. The number of rotatable bonds is 13. The summed E-state index contributed by atoms with van der Waals surface area (Å²) in [7, 11) is 1.66. The first-order chi connectivity index (χ1) is 21.2. The van der Waals surface area contributed by atoms with Gasteiger partial charge in [-0.15, -0.1) is 0 Å². The molecule has 1 aliphatic rings. The molecule has 9 nitrogen and oxygen atoms in total. The summed E-state index contributed by atoms with van der Waals surface area (Å²) in [4.78, 5) is 27.1. The van der Waals surface area contributed by atoms with E-state index < -0.39 is 5.60 Å². The summed E-state index contributed by atoms with van der Waals surface area (Å²) in [6, 6.07) is 25.0. The molecule has 0 aliphatic carbocycles. The van der Waals surface area contributed by atoms with E-state index in [9.17, 15) is 9.59 Å². The molecule has 1 aliphatic heterocycles. The summed E-state index contributed by atoms with van der Waals surface area (Å²) in [5.41, 5.74) is 2.18. The molecule has 2 atom stereocenters. The predicted molar refractivity (Wildman–Crippen MR) is 169 cm³/mol. The van der Waals surface area contributed by atoms with Crippen LogP contribution in [-0.2, 0) is 25.6 Å². The van der Waals surface area contributed by atoms with Crippen LogP contribution in [0, 0.1) is 0 Å². The quantitative estimate of drug-likeness (QED) is 0.225. The topological polar surface area (TPSA) is 95.6 Å². The number of piperidine rings is 1. The van der Waals surface area contributed by atoms with Gasteiger partial charge < -0.3 is 33.9 Å². The minimum atomic E-state index is -0.600. The highest BCUT2D eigenvalue weighted by Crippen LogP contribution is 2.32. The number of amides is 2. The number of benzene rings is 3. The second-order valence-electron chi connectivity index (χ2n) is 11.7. The van der Waals surface area contributed by atoms with E-state index in [0.29, 0.717) is 45.0 Å². The van der Waals surface area contributed by atoms with Gasteiger partial charge in [-0.05, 0) is 63.1 Å². The summed E-state index contributed by atoms with van der Waals surface area (Å²) < 4.78 is 28.9. The van der Waals surface area contributed by atoms with Crippen molar-refractivity contribution < 1.29 is 33.3 Å². The van der Waals surface area contributed by atoms with E-state index >= 15 is 0 Å². The number of ether oxygens (including phenoxy) is 5. The smallest absolute Gasteiger partial charge is 0.410 e. The molecule has 0 spiro atoms. The highest BCUT2D eigenvalue weighted by Gasteiger charge is 2.35. The Kier molecular flexibility index (Phi) is 12.0. The molecule has 2 unspecified atom stereocenters. The van der Waals surface area contributed by atoms with Crippen molar-refractivity contribution in [2.45, 2.75) is 57.8 Å². The maximum absolute atomic E-state index is 12.8. The van der Waals surface area contributed by atoms with Crippen LogP contribution in [0.5, 0.6) is 11.5 Å². The van der Waals surface area contributed by atoms with Crippen molar-refractivity contribution in [1.82, 2.24) is 4.90 Å². The highest BCUT2D eigenvalue weighted by molar-refractivity contribution is 5.91. The standard InChI is InChI=1S/C35H44N2O7/c1-35(2,3)44-34(39)37-20-19-30(32(23-37)43-25-33(38)36-28-12-6-5-7-13-28)26-15-17-29(18-16-26)42-22-10-21-41-24-27-11-8-9-14-31(27)40-4/h5-9,11-18,30,32H,10,19-25H2,1-4H3,(H,36,38). The van der Waals surface area contributed by atoms with Crippen LogP contribution in [0.3, 0.4) is 0 Å². The van der Waals surface area contributed by atoms with E-state index in [2.05, 4.69) is 5.32 Å². The van der Waals surface area contributed by atoms with Crippen LogP contribution in [0.1, 0.15) is 50.7 Å². The molecule has 44 heavy (non-hydrogen) atoms. The number of carbonyl (C=O) groups is 2. The van der Waals surface area contributed by atoms with Crippen LogP contribution in [0.25, 0.3) is 0 Å². The molecule has 236 valence electrons. The number of nitrogens with one attached hydrogen (secondary N) is 1. The van der Waals surface area contributed by atoms with Crippen molar-refractivity contribution in [3.63, 3.8) is 0 Å². The minimum absolute atomic E-state index is 0.00404. The summed E-state index contributed by atoms with van der Waals surface area (Å²) >= 11 is 0. The molecule has 4 rings (SSSR count). The fraction of sp³-hybridized carbons (Fsp3) is 0.429. The molecule has 3 aromatic rings. The molecule has 0 saturated carbocycles. The van der Waals surface area contributed by atoms with E-state index in [1.165, 1.54) is 0 Å². The van der Waals surface area contributed by atoms with E-state index in [1.807, 2.05) is 99.6 Å². The van der Waals surface area contributed by atoms with Crippen LogP contribution in [0.15, 0.2) is 78.9 Å². The maximum atomic E-state index is 12.8. The number of methoxy groups -OCH3 is 1. The molecule has 1 fully saturated rings. The van der Waals surface area contributed by atoms with Gasteiger partial charge >= 0.3 is 6.09 Å². The zero-order valence-corrected chi connectivity index (χ0v) is 26.1. The Hall–Kier alpha value is -4.08. The normalized spacial score (nSPS) is 16.7. The fourth-order valence-electron chi connectivity index (χ4n) is 5.03. The Morgan fingerprint density at radius 1 is 0.932 bits per heavy atom. The molecule has 1 N–H and O–H groups in total. The summed E-state index contributed by atoms with van der Waals surface area (Å²) in [6.07, 6.45) is 0.661. The lowest BCUT2D eigenvalue weighted by molar-refractivity contribution is -0.124. The van der Waals surface area contributed by atoms with Gasteiger partial charge in [-0.1, -0.05) is 48.5 Å². The molecule has 1 saturated heterocycles. The zero-order chi connectivity index (χ0) is 31.4. The van der Waals surface area contributed by atoms with Crippen molar-refractivity contribution in [1.29, 1.82) is 0 Å². The van der Waals surface area contributed by atoms with Gasteiger partial charge in [0.25, 0.3) is 0 Å². The van der Waals surface area contributed by atoms with Gasteiger partial charge in [0.15, 0.2) is 0 Å². The second-order valence-corrected chi connectivity index (χ2v) is 11.7. The molecular weight excluding hydrogens is 560 g/mol. The molecule has 0 aromatic heterocycles. The molecule has 0 bridgehead atoms. The fourth-order valence-corrected chi connectivity index (χ4v) is 5.03. The third-order valence-corrected chi connectivity index (χ3v) is 7.16. The zero-order valence-electron chi connectivity index (χ0n) is 26.1. The van der Waals surface area contributed by atoms with Crippen molar-refractivity contribution in [2.75, 3.05) is 45.3 Å². The van der Waals surface area contributed by atoms with Crippen LogP contribution in [0.2, 0.25) is 0 Å². The summed E-state index contributed by atoms with van der Waals surface area (Å²) in [5.74, 6) is 1.34. The van der Waals surface area contributed by atoms with E-state index in [-0.39, 0.29) is 30.6 Å². The third kappa shape index (κ3) is 10.3. The van der Waals surface area contributed by atoms with Crippen molar-refractivity contribution >= 4 is 17.7 Å². The Morgan fingerprint density at radius 3 is 2.39 bits per heavy atom. The number of nitrogens with zero attached hydrogens (tertiary/aromatic N) is 1.